The Bertz CT molecular complexity index is 806. The van der Waals surface area contributed by atoms with Crippen molar-refractivity contribution in [2.75, 3.05) is 13.2 Å². The largest absolute Gasteiger partial charge is 0.465 e. The Hall–Kier alpha value is -2.44. The fourth-order valence-electron chi connectivity index (χ4n) is 2.84. The van der Waals surface area contributed by atoms with Gasteiger partial charge in [-0.15, -0.1) is 0 Å². The first kappa shape index (κ1) is 15.1. The monoisotopic (exact) mass is 325 g/mol. The van der Waals surface area contributed by atoms with Crippen molar-refractivity contribution >= 4 is 0 Å². The number of rotatable bonds is 6. The molecule has 3 aromatic heterocycles. The highest BCUT2D eigenvalue weighted by Crippen LogP contribution is 2.25. The van der Waals surface area contributed by atoms with Crippen LogP contribution in [0.25, 0.3) is 11.5 Å². The van der Waals surface area contributed by atoms with Crippen LogP contribution >= 0.6 is 0 Å². The Labute approximate surface area is 139 Å². The molecule has 6 nitrogen and oxygen atoms in total. The van der Waals surface area contributed by atoms with E-state index in [4.69, 9.17) is 13.7 Å². The molecule has 0 aliphatic carbocycles. The summed E-state index contributed by atoms with van der Waals surface area (Å²) in [5.74, 6) is 2.53. The zero-order valence-corrected chi connectivity index (χ0v) is 13.5. The summed E-state index contributed by atoms with van der Waals surface area (Å²) >= 11 is 0. The third kappa shape index (κ3) is 3.11. The van der Waals surface area contributed by atoms with Gasteiger partial charge >= 0.3 is 0 Å². The molecule has 0 aromatic carbocycles. The smallest absolute Gasteiger partial charge is 0.185 e. The maximum Gasteiger partial charge on any atom is 0.185 e. The number of pyridine rings is 1. The summed E-state index contributed by atoms with van der Waals surface area (Å²) in [6, 6.07) is 11.6. The molecular formula is C18H19N3O3. The number of nitrogens with one attached hydrogen (secondary N) is 1. The highest BCUT2D eigenvalue weighted by molar-refractivity contribution is 5.51. The van der Waals surface area contributed by atoms with Crippen molar-refractivity contribution in [3.63, 3.8) is 0 Å². The molecule has 4 heterocycles. The Kier molecular flexibility index (Phi) is 3.92. The van der Waals surface area contributed by atoms with E-state index in [0.717, 1.165) is 29.3 Å². The zero-order chi connectivity index (χ0) is 16.4. The minimum absolute atomic E-state index is 0.126. The van der Waals surface area contributed by atoms with Crippen LogP contribution in [0.2, 0.25) is 0 Å². The van der Waals surface area contributed by atoms with Crippen molar-refractivity contribution in [3.8, 4) is 11.5 Å². The number of aromatic nitrogens is 2. The molecule has 124 valence electrons. The molecule has 4 rings (SSSR count). The molecular weight excluding hydrogens is 306 g/mol. The lowest BCUT2D eigenvalue weighted by Crippen LogP contribution is -2.61. The van der Waals surface area contributed by atoms with E-state index in [1.54, 1.807) is 6.20 Å². The number of furan rings is 1. The van der Waals surface area contributed by atoms with Crippen LogP contribution in [0.1, 0.15) is 17.2 Å². The molecule has 3 aromatic rings. The van der Waals surface area contributed by atoms with Crippen molar-refractivity contribution in [1.29, 1.82) is 0 Å². The predicted molar refractivity (Wildman–Crippen MR) is 87.3 cm³/mol. The Morgan fingerprint density at radius 1 is 1.21 bits per heavy atom. The van der Waals surface area contributed by atoms with E-state index in [-0.39, 0.29) is 5.54 Å². The SMILES string of the molecule is Cc1ccc(CNC2(Cc3cc(-c4ccccn4)on3)COC2)o1. The summed E-state index contributed by atoms with van der Waals surface area (Å²) in [4.78, 5) is 4.28. The van der Waals surface area contributed by atoms with Crippen LogP contribution in [0.3, 0.4) is 0 Å². The highest BCUT2D eigenvalue weighted by Gasteiger charge is 2.39. The normalized spacial score (nSPS) is 16.0. The van der Waals surface area contributed by atoms with E-state index < -0.39 is 0 Å². The quantitative estimate of drug-likeness (QED) is 0.751. The van der Waals surface area contributed by atoms with Crippen LogP contribution in [0, 0.1) is 6.92 Å². The van der Waals surface area contributed by atoms with E-state index in [1.807, 2.05) is 43.3 Å². The third-order valence-corrected chi connectivity index (χ3v) is 4.19. The van der Waals surface area contributed by atoms with E-state index in [1.165, 1.54) is 0 Å². The first-order chi connectivity index (χ1) is 11.7. The van der Waals surface area contributed by atoms with E-state index in [0.29, 0.717) is 25.5 Å². The second kappa shape index (κ2) is 6.22. The Morgan fingerprint density at radius 2 is 2.12 bits per heavy atom. The lowest BCUT2D eigenvalue weighted by atomic mass is 9.91. The van der Waals surface area contributed by atoms with Crippen molar-refractivity contribution < 1.29 is 13.7 Å². The number of nitrogens with zero attached hydrogens (tertiary/aromatic N) is 2. The van der Waals surface area contributed by atoms with E-state index in [2.05, 4.69) is 15.5 Å². The van der Waals surface area contributed by atoms with Crippen molar-refractivity contribution in [3.05, 3.63) is 59.8 Å². The molecule has 0 spiro atoms. The number of ether oxygens (including phenoxy) is 1. The first-order valence-electron chi connectivity index (χ1n) is 7.98. The molecule has 1 aliphatic rings. The van der Waals surface area contributed by atoms with Crippen molar-refractivity contribution in [2.24, 2.45) is 0 Å². The van der Waals surface area contributed by atoms with Crippen LogP contribution < -0.4 is 5.32 Å². The summed E-state index contributed by atoms with van der Waals surface area (Å²) in [6.45, 7) is 3.92. The van der Waals surface area contributed by atoms with Gasteiger partial charge in [-0.3, -0.25) is 10.3 Å². The summed E-state index contributed by atoms with van der Waals surface area (Å²) in [6.07, 6.45) is 2.48. The minimum Gasteiger partial charge on any atom is -0.465 e. The number of aryl methyl sites for hydroxylation is 1. The van der Waals surface area contributed by atoms with Gasteiger partial charge in [-0.05, 0) is 31.2 Å². The van der Waals surface area contributed by atoms with Gasteiger partial charge in [0.25, 0.3) is 0 Å². The lowest BCUT2D eigenvalue weighted by molar-refractivity contribution is -0.0761. The van der Waals surface area contributed by atoms with Crippen LogP contribution in [0.15, 0.2) is 51.5 Å². The molecule has 1 saturated heterocycles. The zero-order valence-electron chi connectivity index (χ0n) is 13.5. The van der Waals surface area contributed by atoms with Gasteiger partial charge in [0, 0.05) is 18.7 Å². The maximum atomic E-state index is 5.61. The van der Waals surface area contributed by atoms with Crippen LogP contribution in [-0.2, 0) is 17.7 Å². The second-order valence-electron chi connectivity index (χ2n) is 6.21. The fraction of sp³-hybridized carbons (Fsp3) is 0.333. The van der Waals surface area contributed by atoms with Gasteiger partial charge in [-0.1, -0.05) is 11.2 Å². The van der Waals surface area contributed by atoms with Gasteiger partial charge in [0.05, 0.1) is 31.0 Å². The number of hydrogen-bond acceptors (Lipinski definition) is 6. The van der Waals surface area contributed by atoms with Crippen LogP contribution in [0.4, 0.5) is 0 Å². The molecule has 0 radical (unpaired) electrons. The minimum atomic E-state index is -0.126. The van der Waals surface area contributed by atoms with Gasteiger partial charge < -0.3 is 13.7 Å². The van der Waals surface area contributed by atoms with Crippen LogP contribution in [0.5, 0.6) is 0 Å². The molecule has 0 unspecified atom stereocenters. The average Bonchev–Trinajstić information content (AvgIpc) is 3.20. The summed E-state index contributed by atoms with van der Waals surface area (Å²) in [5.41, 5.74) is 1.55. The lowest BCUT2D eigenvalue weighted by Gasteiger charge is -2.41. The molecule has 0 atom stereocenters. The maximum absolute atomic E-state index is 5.61. The summed E-state index contributed by atoms with van der Waals surface area (Å²) in [5, 5.41) is 7.73. The predicted octanol–water partition coefficient (Wildman–Crippen LogP) is 2.74. The molecule has 0 amide bonds. The Balaban J connectivity index is 1.44. The van der Waals surface area contributed by atoms with E-state index >= 15 is 0 Å². The van der Waals surface area contributed by atoms with Gasteiger partial charge in [-0.2, -0.15) is 0 Å². The number of hydrogen-bond donors (Lipinski definition) is 1. The summed E-state index contributed by atoms with van der Waals surface area (Å²) < 4.78 is 16.5. The third-order valence-electron chi connectivity index (χ3n) is 4.19. The Morgan fingerprint density at radius 3 is 2.79 bits per heavy atom. The van der Waals surface area contributed by atoms with Gasteiger partial charge in [-0.25, -0.2) is 0 Å². The first-order valence-corrected chi connectivity index (χ1v) is 7.98. The summed E-state index contributed by atoms with van der Waals surface area (Å²) in [7, 11) is 0. The topological polar surface area (TPSA) is 73.3 Å². The van der Waals surface area contributed by atoms with Crippen LogP contribution in [-0.4, -0.2) is 28.9 Å². The average molecular weight is 325 g/mol. The molecule has 0 saturated carbocycles. The van der Waals surface area contributed by atoms with Crippen molar-refractivity contribution in [2.45, 2.75) is 25.4 Å². The molecule has 1 aliphatic heterocycles. The second-order valence-corrected chi connectivity index (χ2v) is 6.21. The van der Waals surface area contributed by atoms with Crippen molar-refractivity contribution in [1.82, 2.24) is 15.5 Å². The molecule has 1 fully saturated rings. The van der Waals surface area contributed by atoms with E-state index in [9.17, 15) is 0 Å². The fourth-order valence-corrected chi connectivity index (χ4v) is 2.84. The highest BCUT2D eigenvalue weighted by atomic mass is 16.5. The molecule has 6 heteroatoms. The standard InChI is InChI=1S/C18H19N3O3/c1-13-5-6-15(23-13)10-20-18(11-22-12-18)9-14-8-17(24-21-14)16-4-2-3-7-19-16/h2-8,20H,9-12H2,1H3. The van der Waals surface area contributed by atoms with Gasteiger partial charge in [0.1, 0.15) is 17.2 Å². The molecule has 24 heavy (non-hydrogen) atoms. The molecule has 0 bridgehead atoms. The van der Waals surface area contributed by atoms with Gasteiger partial charge in [0.15, 0.2) is 5.76 Å². The van der Waals surface area contributed by atoms with Gasteiger partial charge in [0.2, 0.25) is 0 Å². The molecule has 1 N–H and O–H groups in total.